The van der Waals surface area contributed by atoms with Crippen LogP contribution in [0, 0.1) is 12.8 Å². The van der Waals surface area contributed by atoms with E-state index in [4.69, 9.17) is 28.9 Å². The van der Waals surface area contributed by atoms with Crippen LogP contribution in [-0.2, 0) is 14.3 Å². The Balaban J connectivity index is 0.605. The van der Waals surface area contributed by atoms with Gasteiger partial charge in [0.2, 0.25) is 11.8 Å². The smallest absolute Gasteiger partial charge is 0.409 e. The minimum atomic E-state index is -0.854. The fourth-order valence-electron chi connectivity index (χ4n) is 15.2. The summed E-state index contributed by atoms with van der Waals surface area (Å²) in [7, 11) is 0. The SMILES string of the molecule is Cc1ncsc1-c1ccc([C@H](C)NC(=O)[C@@H]2C[C@@H](O)CN2C(=O)[C@@H](c2cc(N3CCN(C(=O)OC[C@@H]4CC[C@]5(COc6nc(N7CC8CCC(C7)N8)c7cnc8c(c7n6)C(C)c6cccc7cc(O)cc-8c67)CCCN45)CC3)no2)C(C)C)cc1. The number of aromatic hydroxyl groups is 1. The second-order valence-corrected chi connectivity index (χ2v) is 26.0. The van der Waals surface area contributed by atoms with E-state index >= 15 is 0 Å². The number of ether oxygens (including phenoxy) is 2. The van der Waals surface area contributed by atoms with E-state index in [1.807, 2.05) is 86.8 Å². The molecule has 20 nitrogen and oxygen atoms in total. The van der Waals surface area contributed by atoms with Crippen molar-refractivity contribution in [1.29, 1.82) is 0 Å². The van der Waals surface area contributed by atoms with E-state index in [1.165, 1.54) is 10.5 Å². The number of pyridine rings is 1. The normalized spacial score (nSPS) is 25.2. The molecule has 0 radical (unpaired) electrons. The first kappa shape index (κ1) is 55.4. The number of carbonyl (C=O) groups is 3. The molecule has 0 spiro atoms. The van der Waals surface area contributed by atoms with E-state index in [9.17, 15) is 24.6 Å². The van der Waals surface area contributed by atoms with Crippen LogP contribution >= 0.6 is 11.3 Å². The van der Waals surface area contributed by atoms with E-state index in [-0.39, 0.29) is 72.7 Å². The number of likely N-dealkylation sites (tertiary alicyclic amines) is 1. The number of thiazole rings is 1. The molecule has 85 heavy (non-hydrogen) atoms. The standard InChI is InChI=1S/C64H74N12O8S/c1-35(2)53(61(80)75-31-46(78)26-50(75)60(79)67-37(4)39-10-12-40(13-11-39)58-38(5)66-34-85-58)51-27-52(71-84-51)72-20-22-73(23-21-72)63(81)82-32-44-16-18-64(17-7-19-76(44)64)33-83-62-69-57-49(59(70-62)74-29-42-14-15-43(30-74)68-42)28-65-56-48-25-45(77)24-41-8-6-9-47(55(41)48)36(3)54(56)57/h6,8-13,24-25,27-28,34-37,42-44,46,50,53,68,77-78H,7,14-23,26,29-33H2,1-5H3,(H,67,79)/t36?,37-,42?,43?,44-,46+,50-,53+,64-/m0/s1. The summed E-state index contributed by atoms with van der Waals surface area (Å²) in [6.07, 6.45) is 6.87. The molecule has 10 heterocycles. The third-order valence-electron chi connectivity index (χ3n) is 19.6. The van der Waals surface area contributed by atoms with Gasteiger partial charge in [-0.1, -0.05) is 68.4 Å². The van der Waals surface area contributed by atoms with Crippen LogP contribution in [0.5, 0.6) is 11.8 Å². The van der Waals surface area contributed by atoms with Crippen molar-refractivity contribution < 1.29 is 38.6 Å². The number of amides is 3. The number of anilines is 2. The van der Waals surface area contributed by atoms with Crippen molar-refractivity contribution in [2.45, 2.75) is 133 Å². The minimum absolute atomic E-state index is 0.0165. The zero-order valence-corrected chi connectivity index (χ0v) is 49.7. The second-order valence-electron chi connectivity index (χ2n) is 25.2. The third kappa shape index (κ3) is 10.1. The first-order chi connectivity index (χ1) is 41.2. The Hall–Kier alpha value is -7.46. The van der Waals surface area contributed by atoms with E-state index in [1.54, 1.807) is 22.3 Å². The van der Waals surface area contributed by atoms with Crippen LogP contribution < -0.4 is 25.2 Å². The fraction of sp³-hybridized carbons (Fsp3) is 0.500. The van der Waals surface area contributed by atoms with Crippen molar-refractivity contribution >= 4 is 62.6 Å². The number of nitrogens with zero attached hydrogens (tertiary/aromatic N) is 10. The zero-order valence-electron chi connectivity index (χ0n) is 48.9. The van der Waals surface area contributed by atoms with Crippen molar-refractivity contribution in [3.8, 4) is 33.5 Å². The number of piperazine rings is 2. The average Bonchev–Trinajstić information content (AvgIpc) is 1.94. The Morgan fingerprint density at radius 1 is 0.929 bits per heavy atom. The van der Waals surface area contributed by atoms with Crippen molar-refractivity contribution in [2.75, 3.05) is 75.4 Å². The minimum Gasteiger partial charge on any atom is -0.508 e. The van der Waals surface area contributed by atoms with Gasteiger partial charge in [-0.15, -0.1) is 11.3 Å². The number of β-amino-alcohol motifs (C(OH)–C–C–N with tert-alkyl or cyclic N) is 1. The molecule has 7 aromatic rings. The molecule has 0 saturated carbocycles. The highest BCUT2D eigenvalue weighted by Crippen LogP contribution is 2.49. The Labute approximate surface area is 497 Å². The lowest BCUT2D eigenvalue weighted by Crippen LogP contribution is -2.51. The number of rotatable bonds is 14. The number of carbonyl (C=O) groups excluding carboxylic acids is 3. The molecule has 3 unspecified atom stereocenters. The number of phenols is 1. The predicted octanol–water partition coefficient (Wildman–Crippen LogP) is 8.29. The summed E-state index contributed by atoms with van der Waals surface area (Å²) < 4.78 is 18.9. The second kappa shape index (κ2) is 22.1. The van der Waals surface area contributed by atoms with E-state index < -0.39 is 18.1 Å². The number of aryl methyl sites for hydroxylation is 1. The summed E-state index contributed by atoms with van der Waals surface area (Å²) in [5.41, 5.74) is 9.29. The van der Waals surface area contributed by atoms with Crippen LogP contribution in [-0.4, -0.2) is 169 Å². The van der Waals surface area contributed by atoms with Gasteiger partial charge in [0, 0.05) is 99.7 Å². The number of benzene rings is 3. The maximum atomic E-state index is 14.5. The average molecular weight is 1170 g/mol. The van der Waals surface area contributed by atoms with Crippen molar-refractivity contribution in [2.24, 2.45) is 5.92 Å². The van der Waals surface area contributed by atoms with Crippen LogP contribution in [0.2, 0.25) is 0 Å². The van der Waals surface area contributed by atoms with Gasteiger partial charge in [0.1, 0.15) is 36.7 Å². The van der Waals surface area contributed by atoms with Crippen LogP contribution in [0.1, 0.15) is 119 Å². The molecule has 1 aliphatic carbocycles. The molecule has 3 amide bonds. The number of aliphatic hydroxyl groups is 1. The van der Waals surface area contributed by atoms with Gasteiger partial charge < -0.3 is 54.4 Å². The third-order valence-corrected chi connectivity index (χ3v) is 20.5. The predicted molar refractivity (Wildman–Crippen MR) is 323 cm³/mol. The first-order valence-electron chi connectivity index (χ1n) is 30.5. The van der Waals surface area contributed by atoms with Crippen molar-refractivity contribution in [3.05, 3.63) is 101 Å². The molecule has 6 fully saturated rings. The van der Waals surface area contributed by atoms with Crippen LogP contribution in [0.25, 0.3) is 43.4 Å². The monoisotopic (exact) mass is 1170 g/mol. The van der Waals surface area contributed by atoms with Crippen LogP contribution in [0.15, 0.2) is 76.9 Å². The lowest BCUT2D eigenvalue weighted by molar-refractivity contribution is -0.141. The number of fused-ring (bicyclic) bond motifs is 7. The number of aromatic nitrogens is 5. The Bertz CT molecular complexity index is 3710. The van der Waals surface area contributed by atoms with Crippen LogP contribution in [0.4, 0.5) is 16.4 Å². The number of hydrogen-bond acceptors (Lipinski definition) is 18. The molecular formula is C64H74N12O8S. The van der Waals surface area contributed by atoms with Gasteiger partial charge in [-0.2, -0.15) is 9.97 Å². The lowest BCUT2D eigenvalue weighted by atomic mass is 9.79. The van der Waals surface area contributed by atoms with Gasteiger partial charge in [-0.05, 0) is 104 Å². The van der Waals surface area contributed by atoms with Crippen molar-refractivity contribution in [1.82, 2.24) is 50.4 Å². The number of nitrogens with one attached hydrogen (secondary N) is 2. The highest BCUT2D eigenvalue weighted by Gasteiger charge is 2.51. The summed E-state index contributed by atoms with van der Waals surface area (Å²) in [5.74, 6) is 0.415. The molecule has 4 N–H and O–H groups in total. The molecule has 14 rings (SSSR count). The largest absolute Gasteiger partial charge is 0.508 e. The summed E-state index contributed by atoms with van der Waals surface area (Å²) in [6.45, 7) is 15.1. The van der Waals surface area contributed by atoms with E-state index in [0.29, 0.717) is 62.5 Å². The molecule has 7 aliphatic rings. The van der Waals surface area contributed by atoms with Crippen LogP contribution in [0.3, 0.4) is 0 Å². The maximum Gasteiger partial charge on any atom is 0.409 e. The van der Waals surface area contributed by atoms with E-state index in [0.717, 1.165) is 124 Å². The molecule has 4 aromatic heterocycles. The number of phenolic OH excluding ortho intramolecular Hbond substituents is 1. The van der Waals surface area contributed by atoms with Gasteiger partial charge in [-0.25, -0.2) is 9.78 Å². The fourth-order valence-corrected chi connectivity index (χ4v) is 16.0. The van der Waals surface area contributed by atoms with Gasteiger partial charge >= 0.3 is 12.1 Å². The number of hydrogen-bond donors (Lipinski definition) is 4. The number of aliphatic hydroxyl groups excluding tert-OH is 1. The van der Waals surface area contributed by atoms with Gasteiger partial charge in [0.25, 0.3) is 0 Å². The van der Waals surface area contributed by atoms with Gasteiger partial charge in [-0.3, -0.25) is 19.5 Å². The topological polar surface area (TPSA) is 228 Å². The van der Waals surface area contributed by atoms with E-state index in [2.05, 4.69) is 49.6 Å². The summed E-state index contributed by atoms with van der Waals surface area (Å²) in [4.78, 5) is 73.5. The molecule has 9 atom stereocenters. The molecule has 3 aromatic carbocycles. The molecule has 444 valence electrons. The quantitative estimate of drug-likeness (QED) is 0.0803. The maximum absolute atomic E-state index is 14.5. The molecule has 21 heteroatoms. The molecular weight excluding hydrogens is 1100 g/mol. The summed E-state index contributed by atoms with van der Waals surface area (Å²) in [5, 5.41) is 36.0. The Morgan fingerprint density at radius 2 is 1.73 bits per heavy atom. The van der Waals surface area contributed by atoms with Crippen molar-refractivity contribution in [3.63, 3.8) is 0 Å². The Morgan fingerprint density at radius 3 is 2.49 bits per heavy atom. The van der Waals surface area contributed by atoms with Gasteiger partial charge in [0.05, 0.1) is 50.4 Å². The van der Waals surface area contributed by atoms with Gasteiger partial charge in [0.15, 0.2) is 11.6 Å². The Kier molecular flexibility index (Phi) is 14.4. The highest BCUT2D eigenvalue weighted by atomic mass is 32.1. The summed E-state index contributed by atoms with van der Waals surface area (Å²) in [6, 6.07) is 19.8. The zero-order chi connectivity index (χ0) is 58.4. The highest BCUT2D eigenvalue weighted by molar-refractivity contribution is 7.13. The molecule has 6 aliphatic heterocycles. The molecule has 6 saturated heterocycles. The summed E-state index contributed by atoms with van der Waals surface area (Å²) >= 11 is 1.59. The lowest BCUT2D eigenvalue weighted by Gasteiger charge is -2.36. The molecule has 2 bridgehead atoms. The first-order valence-corrected chi connectivity index (χ1v) is 31.3.